The number of fused-ring (bicyclic) bond motifs is 1. The Labute approximate surface area is 145 Å². The molecule has 2 aromatic rings. The van der Waals surface area contributed by atoms with Gasteiger partial charge >= 0.3 is 0 Å². The molecule has 0 saturated carbocycles. The largest absolute Gasteiger partial charge is 0.491 e. The molecule has 7 heteroatoms. The summed E-state index contributed by atoms with van der Waals surface area (Å²) in [4.78, 5) is 12.6. The second-order valence-corrected chi connectivity index (χ2v) is 6.70. The molecule has 0 aliphatic carbocycles. The van der Waals surface area contributed by atoms with Crippen molar-refractivity contribution in [2.24, 2.45) is 5.92 Å². The average Bonchev–Trinajstić information content (AvgIpc) is 3.11. The number of alkyl halides is 2. The van der Waals surface area contributed by atoms with E-state index in [4.69, 9.17) is 4.74 Å². The van der Waals surface area contributed by atoms with E-state index >= 15 is 0 Å². The third-order valence-corrected chi connectivity index (χ3v) is 4.12. The first-order valence-corrected chi connectivity index (χ1v) is 8.25. The van der Waals surface area contributed by atoms with Crippen LogP contribution in [0.4, 0.5) is 8.78 Å². The Morgan fingerprint density at radius 1 is 1.44 bits per heavy atom. The third-order valence-electron chi connectivity index (χ3n) is 4.12. The second kappa shape index (κ2) is 6.82. The van der Waals surface area contributed by atoms with Gasteiger partial charge in [0.15, 0.2) is 0 Å². The van der Waals surface area contributed by atoms with Crippen molar-refractivity contribution < 1.29 is 18.3 Å². The summed E-state index contributed by atoms with van der Waals surface area (Å²) in [5.41, 5.74) is 1.48. The quantitative estimate of drug-likeness (QED) is 0.896. The predicted octanol–water partition coefficient (Wildman–Crippen LogP) is 3.65. The number of aryl methyl sites for hydroxylation is 1. The lowest BCUT2D eigenvalue weighted by Crippen LogP contribution is -2.30. The molecule has 1 amide bonds. The minimum absolute atomic E-state index is 0.0863. The molecule has 0 spiro atoms. The molecule has 134 valence electrons. The third kappa shape index (κ3) is 3.50. The summed E-state index contributed by atoms with van der Waals surface area (Å²) in [6.45, 7) is 6.39. The van der Waals surface area contributed by atoms with E-state index in [2.05, 4.69) is 10.4 Å². The molecule has 1 aromatic carbocycles. The maximum Gasteiger partial charge on any atom is 0.280 e. The van der Waals surface area contributed by atoms with Gasteiger partial charge in [0.25, 0.3) is 12.3 Å². The average molecular weight is 349 g/mol. The van der Waals surface area contributed by atoms with Crippen LogP contribution in [-0.4, -0.2) is 22.3 Å². The lowest BCUT2D eigenvalue weighted by molar-refractivity contribution is 0.0912. The maximum absolute atomic E-state index is 13.5. The molecule has 2 heterocycles. The van der Waals surface area contributed by atoms with Crippen LogP contribution in [-0.2, 0) is 6.54 Å². The first-order valence-electron chi connectivity index (χ1n) is 8.25. The van der Waals surface area contributed by atoms with Gasteiger partial charge in [0.05, 0.1) is 17.8 Å². The van der Waals surface area contributed by atoms with Crippen LogP contribution in [0.5, 0.6) is 5.75 Å². The Balaban J connectivity index is 1.83. The van der Waals surface area contributed by atoms with Crippen LogP contribution in [0.3, 0.4) is 0 Å². The van der Waals surface area contributed by atoms with E-state index in [1.807, 2.05) is 39.0 Å². The summed E-state index contributed by atoms with van der Waals surface area (Å²) in [7, 11) is 0. The Morgan fingerprint density at radius 2 is 2.20 bits per heavy atom. The number of halogens is 2. The molecule has 0 fully saturated rings. The number of carbonyl (C=O) groups is 1. The number of rotatable bonds is 5. The minimum atomic E-state index is -2.77. The standard InChI is InChI=1S/C18H21F2N3O2/c1-10(2)8-23-16(17(19)20)13(7-21-23)18(24)22-14-9-25-15-5-4-11(3)6-12(14)15/h4-7,10,14,17H,8-9H2,1-3H3,(H,22,24)/t14-/m1/s1. The van der Waals surface area contributed by atoms with Crippen LogP contribution in [0.1, 0.15) is 53.5 Å². The molecule has 1 N–H and O–H groups in total. The zero-order valence-corrected chi connectivity index (χ0v) is 14.4. The van der Waals surface area contributed by atoms with Gasteiger partial charge in [0.2, 0.25) is 0 Å². The van der Waals surface area contributed by atoms with Gasteiger partial charge in [0, 0.05) is 12.1 Å². The Hall–Kier alpha value is -2.44. The summed E-state index contributed by atoms with van der Waals surface area (Å²) in [5, 5.41) is 6.77. The predicted molar refractivity (Wildman–Crippen MR) is 88.9 cm³/mol. The van der Waals surface area contributed by atoms with Gasteiger partial charge in [-0.1, -0.05) is 31.5 Å². The Bertz CT molecular complexity index is 787. The first kappa shape index (κ1) is 17.4. The van der Waals surface area contributed by atoms with Crippen LogP contribution in [0.2, 0.25) is 0 Å². The molecular formula is C18H21F2N3O2. The Morgan fingerprint density at radius 3 is 2.88 bits per heavy atom. The summed E-state index contributed by atoms with van der Waals surface area (Å²) in [6.07, 6.45) is -1.55. The van der Waals surface area contributed by atoms with Crippen molar-refractivity contribution in [3.8, 4) is 5.75 Å². The fraction of sp³-hybridized carbons (Fsp3) is 0.444. The number of hydrogen-bond acceptors (Lipinski definition) is 3. The topological polar surface area (TPSA) is 56.2 Å². The van der Waals surface area contributed by atoms with Crippen molar-refractivity contribution in [1.82, 2.24) is 15.1 Å². The van der Waals surface area contributed by atoms with Gasteiger partial charge in [-0.15, -0.1) is 0 Å². The number of nitrogens with one attached hydrogen (secondary N) is 1. The Kier molecular flexibility index (Phi) is 4.74. The van der Waals surface area contributed by atoms with Crippen molar-refractivity contribution in [2.75, 3.05) is 6.61 Å². The summed E-state index contributed by atoms with van der Waals surface area (Å²) < 4.78 is 33.7. The molecule has 0 unspecified atom stereocenters. The second-order valence-electron chi connectivity index (χ2n) is 6.70. The van der Waals surface area contributed by atoms with Gasteiger partial charge in [-0.25, -0.2) is 8.78 Å². The molecule has 3 rings (SSSR count). The number of carbonyl (C=O) groups excluding carboxylic acids is 1. The van der Waals surface area contributed by atoms with Crippen molar-refractivity contribution in [3.63, 3.8) is 0 Å². The lowest BCUT2D eigenvalue weighted by Gasteiger charge is -2.14. The first-order chi connectivity index (χ1) is 11.9. The summed E-state index contributed by atoms with van der Waals surface area (Å²) in [5.74, 6) is 0.292. The number of hydrogen-bond donors (Lipinski definition) is 1. The minimum Gasteiger partial charge on any atom is -0.491 e. The number of benzene rings is 1. The van der Waals surface area contributed by atoms with E-state index in [9.17, 15) is 13.6 Å². The van der Waals surface area contributed by atoms with E-state index in [0.717, 1.165) is 11.1 Å². The number of aromatic nitrogens is 2. The lowest BCUT2D eigenvalue weighted by atomic mass is 10.1. The molecule has 1 atom stereocenters. The van der Waals surface area contributed by atoms with Gasteiger partial charge in [0.1, 0.15) is 18.1 Å². The normalized spacial score (nSPS) is 16.2. The van der Waals surface area contributed by atoms with E-state index in [1.165, 1.54) is 10.9 Å². The highest BCUT2D eigenvalue weighted by molar-refractivity contribution is 5.95. The van der Waals surface area contributed by atoms with Crippen molar-refractivity contribution in [2.45, 2.75) is 39.8 Å². The van der Waals surface area contributed by atoms with E-state index in [0.29, 0.717) is 12.3 Å². The van der Waals surface area contributed by atoms with Crippen molar-refractivity contribution in [3.05, 3.63) is 46.8 Å². The van der Waals surface area contributed by atoms with Gasteiger partial charge in [-0.2, -0.15) is 5.10 Å². The highest BCUT2D eigenvalue weighted by Crippen LogP contribution is 2.33. The molecule has 1 aliphatic heterocycles. The molecule has 1 aromatic heterocycles. The molecular weight excluding hydrogens is 328 g/mol. The van der Waals surface area contributed by atoms with Crippen molar-refractivity contribution >= 4 is 5.91 Å². The molecule has 0 radical (unpaired) electrons. The zero-order valence-electron chi connectivity index (χ0n) is 14.4. The monoisotopic (exact) mass is 349 g/mol. The van der Waals surface area contributed by atoms with Gasteiger partial charge < -0.3 is 10.1 Å². The highest BCUT2D eigenvalue weighted by atomic mass is 19.3. The summed E-state index contributed by atoms with van der Waals surface area (Å²) in [6, 6.07) is 5.35. The number of nitrogens with zero attached hydrogens (tertiary/aromatic N) is 2. The van der Waals surface area contributed by atoms with E-state index in [-0.39, 0.29) is 29.8 Å². The van der Waals surface area contributed by atoms with E-state index in [1.54, 1.807) is 0 Å². The van der Waals surface area contributed by atoms with Crippen LogP contribution in [0.25, 0.3) is 0 Å². The van der Waals surface area contributed by atoms with Crippen LogP contribution < -0.4 is 10.1 Å². The molecule has 25 heavy (non-hydrogen) atoms. The molecule has 0 bridgehead atoms. The van der Waals surface area contributed by atoms with E-state index < -0.39 is 12.3 Å². The van der Waals surface area contributed by atoms with Crippen LogP contribution in [0, 0.1) is 12.8 Å². The maximum atomic E-state index is 13.5. The van der Waals surface area contributed by atoms with Crippen LogP contribution in [0.15, 0.2) is 24.4 Å². The zero-order chi connectivity index (χ0) is 18.1. The summed E-state index contributed by atoms with van der Waals surface area (Å²) >= 11 is 0. The highest BCUT2D eigenvalue weighted by Gasteiger charge is 2.30. The molecule has 5 nitrogen and oxygen atoms in total. The fourth-order valence-electron chi connectivity index (χ4n) is 2.98. The SMILES string of the molecule is Cc1ccc2c(c1)[C@H](NC(=O)c1cnn(CC(C)C)c1C(F)F)CO2. The molecule has 0 saturated heterocycles. The number of ether oxygens (including phenoxy) is 1. The smallest absolute Gasteiger partial charge is 0.280 e. The number of amides is 1. The van der Waals surface area contributed by atoms with Crippen LogP contribution >= 0.6 is 0 Å². The van der Waals surface area contributed by atoms with Gasteiger partial charge in [-0.05, 0) is 18.9 Å². The fourth-order valence-corrected chi connectivity index (χ4v) is 2.98. The van der Waals surface area contributed by atoms with Crippen molar-refractivity contribution in [1.29, 1.82) is 0 Å². The molecule has 1 aliphatic rings. The van der Waals surface area contributed by atoms with Gasteiger partial charge in [-0.3, -0.25) is 9.48 Å².